The summed E-state index contributed by atoms with van der Waals surface area (Å²) in [7, 11) is 0. The molecule has 1 aromatic heterocycles. The minimum Gasteiger partial charge on any atom is -0.376 e. The van der Waals surface area contributed by atoms with Crippen molar-refractivity contribution >= 4 is 11.7 Å². The Morgan fingerprint density at radius 2 is 2.35 bits per heavy atom. The highest BCUT2D eigenvalue weighted by Crippen LogP contribution is 2.11. The van der Waals surface area contributed by atoms with Gasteiger partial charge < -0.3 is 15.4 Å². The summed E-state index contributed by atoms with van der Waals surface area (Å²) in [6, 6.07) is 1.67. The van der Waals surface area contributed by atoms with Crippen LogP contribution in [0.25, 0.3) is 0 Å². The van der Waals surface area contributed by atoms with Crippen LogP contribution in [0.4, 0.5) is 5.82 Å². The molecule has 2 N–H and O–H groups in total. The number of carbonyl (C=O) groups is 1. The first kappa shape index (κ1) is 14.7. The van der Waals surface area contributed by atoms with Gasteiger partial charge in [0.1, 0.15) is 17.8 Å². The van der Waals surface area contributed by atoms with Gasteiger partial charge in [0.05, 0.1) is 6.10 Å². The van der Waals surface area contributed by atoms with Crippen molar-refractivity contribution in [1.29, 1.82) is 0 Å². The summed E-state index contributed by atoms with van der Waals surface area (Å²) in [5, 5.41) is 6.03. The molecule has 2 rings (SSSR count). The quantitative estimate of drug-likeness (QED) is 0.823. The highest BCUT2D eigenvalue weighted by atomic mass is 16.5. The van der Waals surface area contributed by atoms with E-state index in [1.165, 1.54) is 6.33 Å². The molecular weight excluding hydrogens is 256 g/mol. The van der Waals surface area contributed by atoms with Gasteiger partial charge >= 0.3 is 0 Å². The Balaban J connectivity index is 1.86. The fourth-order valence-corrected chi connectivity index (χ4v) is 1.99. The molecule has 6 nitrogen and oxygen atoms in total. The second-order valence-electron chi connectivity index (χ2n) is 5.41. The summed E-state index contributed by atoms with van der Waals surface area (Å²) in [5.74, 6) is 1.01. The molecule has 0 aliphatic carbocycles. The van der Waals surface area contributed by atoms with Crippen LogP contribution in [0.2, 0.25) is 0 Å². The summed E-state index contributed by atoms with van der Waals surface area (Å²) < 4.78 is 5.47. The number of aromatic nitrogens is 2. The SMILES string of the molecule is CC(C)CNc1cc(C(=O)NCC2CCCO2)ncn1. The largest absolute Gasteiger partial charge is 0.376 e. The van der Waals surface area contributed by atoms with Crippen LogP contribution in [0.1, 0.15) is 37.2 Å². The van der Waals surface area contributed by atoms with Gasteiger partial charge in [0.15, 0.2) is 0 Å². The lowest BCUT2D eigenvalue weighted by Gasteiger charge is -2.11. The fraction of sp³-hybridized carbons (Fsp3) is 0.643. The fourth-order valence-electron chi connectivity index (χ4n) is 1.99. The van der Waals surface area contributed by atoms with Crippen LogP contribution in [-0.4, -0.2) is 41.7 Å². The number of carbonyl (C=O) groups excluding carboxylic acids is 1. The molecule has 1 fully saturated rings. The second kappa shape index (κ2) is 7.19. The Morgan fingerprint density at radius 3 is 3.05 bits per heavy atom. The van der Waals surface area contributed by atoms with E-state index in [1.807, 2.05) is 0 Å². The number of amides is 1. The standard InChI is InChI=1S/C14H22N4O2/c1-10(2)7-15-13-6-12(17-9-18-13)14(19)16-8-11-4-3-5-20-11/h6,9-11H,3-5,7-8H2,1-2H3,(H,16,19)(H,15,17,18). The summed E-state index contributed by atoms with van der Waals surface area (Å²) in [6.45, 7) is 6.37. The van der Waals surface area contributed by atoms with Gasteiger partial charge in [-0.3, -0.25) is 4.79 Å². The minimum atomic E-state index is -0.185. The number of nitrogens with one attached hydrogen (secondary N) is 2. The smallest absolute Gasteiger partial charge is 0.270 e. The first-order chi connectivity index (χ1) is 9.65. The average molecular weight is 278 g/mol. The molecule has 0 spiro atoms. The number of rotatable bonds is 6. The molecule has 1 aromatic rings. The van der Waals surface area contributed by atoms with E-state index < -0.39 is 0 Å². The van der Waals surface area contributed by atoms with Crippen molar-refractivity contribution in [1.82, 2.24) is 15.3 Å². The molecule has 2 heterocycles. The molecule has 0 radical (unpaired) electrons. The van der Waals surface area contributed by atoms with Crippen molar-refractivity contribution in [3.63, 3.8) is 0 Å². The Labute approximate surface area is 119 Å². The van der Waals surface area contributed by atoms with Crippen molar-refractivity contribution in [2.75, 3.05) is 25.0 Å². The zero-order valence-corrected chi connectivity index (χ0v) is 12.1. The number of hydrogen-bond donors (Lipinski definition) is 2. The monoisotopic (exact) mass is 278 g/mol. The molecule has 1 unspecified atom stereocenters. The molecule has 1 amide bonds. The first-order valence-electron chi connectivity index (χ1n) is 7.11. The van der Waals surface area contributed by atoms with E-state index in [-0.39, 0.29) is 12.0 Å². The molecule has 6 heteroatoms. The van der Waals surface area contributed by atoms with E-state index in [1.54, 1.807) is 6.07 Å². The lowest BCUT2D eigenvalue weighted by molar-refractivity contribution is 0.0853. The molecule has 0 bridgehead atoms. The lowest BCUT2D eigenvalue weighted by atomic mass is 10.2. The Bertz CT molecular complexity index is 445. The van der Waals surface area contributed by atoms with E-state index in [0.717, 1.165) is 26.0 Å². The second-order valence-corrected chi connectivity index (χ2v) is 5.41. The molecule has 0 saturated carbocycles. The molecule has 1 aliphatic rings. The van der Waals surface area contributed by atoms with Crippen molar-refractivity contribution in [3.05, 3.63) is 18.1 Å². The summed E-state index contributed by atoms with van der Waals surface area (Å²) in [6.07, 6.45) is 3.62. The van der Waals surface area contributed by atoms with Crippen LogP contribution in [0.15, 0.2) is 12.4 Å². The van der Waals surface area contributed by atoms with Gasteiger partial charge in [-0.2, -0.15) is 0 Å². The minimum absolute atomic E-state index is 0.138. The Hall–Kier alpha value is -1.69. The van der Waals surface area contributed by atoms with Crippen LogP contribution < -0.4 is 10.6 Å². The maximum atomic E-state index is 12.0. The zero-order valence-electron chi connectivity index (χ0n) is 12.1. The highest BCUT2D eigenvalue weighted by molar-refractivity contribution is 5.92. The number of hydrogen-bond acceptors (Lipinski definition) is 5. The van der Waals surface area contributed by atoms with E-state index in [4.69, 9.17) is 4.74 Å². The third-order valence-electron chi connectivity index (χ3n) is 3.11. The summed E-state index contributed by atoms with van der Waals surface area (Å²) in [4.78, 5) is 20.1. The Kier molecular flexibility index (Phi) is 5.29. The van der Waals surface area contributed by atoms with Crippen molar-refractivity contribution in [2.24, 2.45) is 5.92 Å². The number of anilines is 1. The summed E-state index contributed by atoms with van der Waals surface area (Å²) >= 11 is 0. The zero-order chi connectivity index (χ0) is 14.4. The number of ether oxygens (including phenoxy) is 1. The van der Waals surface area contributed by atoms with Crippen LogP contribution >= 0.6 is 0 Å². The predicted octanol–water partition coefficient (Wildman–Crippen LogP) is 1.45. The molecule has 1 atom stereocenters. The highest BCUT2D eigenvalue weighted by Gasteiger charge is 2.17. The van der Waals surface area contributed by atoms with Crippen molar-refractivity contribution < 1.29 is 9.53 Å². The van der Waals surface area contributed by atoms with Gasteiger partial charge in [-0.1, -0.05) is 13.8 Å². The summed E-state index contributed by atoms with van der Waals surface area (Å²) in [5.41, 5.74) is 0.379. The predicted molar refractivity (Wildman–Crippen MR) is 76.7 cm³/mol. The van der Waals surface area contributed by atoms with Gasteiger partial charge in [0.2, 0.25) is 0 Å². The normalized spacial score (nSPS) is 18.2. The molecule has 110 valence electrons. The van der Waals surface area contributed by atoms with Crippen LogP contribution in [0, 0.1) is 5.92 Å². The number of nitrogens with zero attached hydrogens (tertiary/aromatic N) is 2. The van der Waals surface area contributed by atoms with Gasteiger partial charge in [0, 0.05) is 25.8 Å². The van der Waals surface area contributed by atoms with Gasteiger partial charge in [0.25, 0.3) is 5.91 Å². The van der Waals surface area contributed by atoms with E-state index in [9.17, 15) is 4.79 Å². The third-order valence-corrected chi connectivity index (χ3v) is 3.11. The van der Waals surface area contributed by atoms with E-state index >= 15 is 0 Å². The molecule has 1 aliphatic heterocycles. The molecular formula is C14H22N4O2. The van der Waals surface area contributed by atoms with Gasteiger partial charge in [-0.25, -0.2) is 9.97 Å². The van der Waals surface area contributed by atoms with Gasteiger partial charge in [-0.15, -0.1) is 0 Å². The molecule has 0 aromatic carbocycles. The first-order valence-corrected chi connectivity index (χ1v) is 7.11. The van der Waals surface area contributed by atoms with Crippen molar-refractivity contribution in [3.8, 4) is 0 Å². The van der Waals surface area contributed by atoms with Gasteiger partial charge in [-0.05, 0) is 18.8 Å². The molecule has 20 heavy (non-hydrogen) atoms. The third kappa shape index (κ3) is 4.45. The van der Waals surface area contributed by atoms with E-state index in [0.29, 0.717) is 24.0 Å². The van der Waals surface area contributed by atoms with Crippen LogP contribution in [0.3, 0.4) is 0 Å². The van der Waals surface area contributed by atoms with Crippen LogP contribution in [-0.2, 0) is 4.74 Å². The lowest BCUT2D eigenvalue weighted by Crippen LogP contribution is -2.32. The topological polar surface area (TPSA) is 76.1 Å². The molecule has 1 saturated heterocycles. The Morgan fingerprint density at radius 1 is 1.50 bits per heavy atom. The van der Waals surface area contributed by atoms with Crippen LogP contribution in [0.5, 0.6) is 0 Å². The van der Waals surface area contributed by atoms with E-state index in [2.05, 4.69) is 34.4 Å². The average Bonchev–Trinajstić information content (AvgIpc) is 2.96. The maximum absolute atomic E-state index is 12.0. The van der Waals surface area contributed by atoms with Crippen molar-refractivity contribution in [2.45, 2.75) is 32.8 Å². The maximum Gasteiger partial charge on any atom is 0.270 e.